The molecule has 148 valence electrons. The zero-order valence-electron chi connectivity index (χ0n) is 16.1. The summed E-state index contributed by atoms with van der Waals surface area (Å²) >= 11 is 0. The Balaban J connectivity index is 2.53. The maximum absolute atomic E-state index is 10.1. The molecule has 0 aliphatic carbocycles. The van der Waals surface area contributed by atoms with E-state index in [0.717, 1.165) is 0 Å². The van der Waals surface area contributed by atoms with Gasteiger partial charge in [0.15, 0.2) is 23.0 Å². The van der Waals surface area contributed by atoms with E-state index < -0.39 is 0 Å². The molecule has 7 heteroatoms. The number of hydrogen-bond donors (Lipinski definition) is 2. The minimum atomic E-state index is -0.0432. The van der Waals surface area contributed by atoms with Crippen molar-refractivity contribution in [3.05, 3.63) is 24.3 Å². The first-order valence-electron chi connectivity index (χ1n) is 8.98. The van der Waals surface area contributed by atoms with Crippen molar-refractivity contribution in [3.8, 4) is 46.0 Å². The van der Waals surface area contributed by atoms with E-state index in [1.807, 2.05) is 27.7 Å². The Kier molecular flexibility index (Phi) is 7.28. The van der Waals surface area contributed by atoms with Gasteiger partial charge in [-0.3, -0.25) is 0 Å². The highest BCUT2D eigenvalue weighted by molar-refractivity contribution is 5.63. The van der Waals surface area contributed by atoms with Gasteiger partial charge in [0, 0.05) is 0 Å². The molecule has 7 nitrogen and oxygen atoms in total. The summed E-state index contributed by atoms with van der Waals surface area (Å²) in [5, 5.41) is 20.2. The SMILES string of the molecule is CCOc1c(O)ccc(Oc2ccc(O)c(OCC)c2OCC)c1OCC. The predicted octanol–water partition coefficient (Wildman–Crippen LogP) is 4.48. The van der Waals surface area contributed by atoms with Crippen LogP contribution in [0.25, 0.3) is 0 Å². The quantitative estimate of drug-likeness (QED) is 0.630. The van der Waals surface area contributed by atoms with Crippen LogP contribution in [0.3, 0.4) is 0 Å². The molecule has 0 spiro atoms. The fourth-order valence-corrected chi connectivity index (χ4v) is 2.48. The number of hydrogen-bond acceptors (Lipinski definition) is 7. The molecule has 0 amide bonds. The lowest BCUT2D eigenvalue weighted by molar-refractivity contribution is 0.256. The lowest BCUT2D eigenvalue weighted by Crippen LogP contribution is -2.03. The number of aromatic hydroxyl groups is 2. The van der Waals surface area contributed by atoms with Crippen LogP contribution in [0.4, 0.5) is 0 Å². The molecule has 0 saturated heterocycles. The van der Waals surface area contributed by atoms with E-state index in [1.54, 1.807) is 12.1 Å². The highest BCUT2D eigenvalue weighted by Crippen LogP contribution is 2.49. The summed E-state index contributed by atoms with van der Waals surface area (Å²) in [5.41, 5.74) is 0. The van der Waals surface area contributed by atoms with E-state index in [4.69, 9.17) is 23.7 Å². The first-order chi connectivity index (χ1) is 13.1. The number of ether oxygens (including phenoxy) is 5. The summed E-state index contributed by atoms with van der Waals surface area (Å²) < 4.78 is 28.3. The van der Waals surface area contributed by atoms with Crippen LogP contribution < -0.4 is 23.7 Å². The molecule has 0 fully saturated rings. The fourth-order valence-electron chi connectivity index (χ4n) is 2.48. The van der Waals surface area contributed by atoms with Crippen LogP contribution in [-0.4, -0.2) is 36.6 Å². The fraction of sp³-hybridized carbons (Fsp3) is 0.400. The predicted molar refractivity (Wildman–Crippen MR) is 101 cm³/mol. The third-order valence-corrected chi connectivity index (χ3v) is 3.49. The van der Waals surface area contributed by atoms with E-state index in [9.17, 15) is 10.2 Å². The van der Waals surface area contributed by atoms with Gasteiger partial charge in [-0.2, -0.15) is 0 Å². The van der Waals surface area contributed by atoms with Crippen molar-refractivity contribution in [3.63, 3.8) is 0 Å². The molecule has 2 rings (SSSR count). The number of phenols is 2. The van der Waals surface area contributed by atoms with Gasteiger partial charge < -0.3 is 33.9 Å². The van der Waals surface area contributed by atoms with Crippen molar-refractivity contribution >= 4 is 0 Å². The molecule has 0 unspecified atom stereocenters. The Morgan fingerprint density at radius 1 is 0.556 bits per heavy atom. The highest BCUT2D eigenvalue weighted by Gasteiger charge is 2.22. The van der Waals surface area contributed by atoms with Crippen molar-refractivity contribution in [1.82, 2.24) is 0 Å². The molecule has 2 aromatic rings. The first-order valence-corrected chi connectivity index (χ1v) is 8.98. The third-order valence-electron chi connectivity index (χ3n) is 3.49. The van der Waals surface area contributed by atoms with E-state index in [1.165, 1.54) is 12.1 Å². The van der Waals surface area contributed by atoms with E-state index >= 15 is 0 Å². The summed E-state index contributed by atoms with van der Waals surface area (Å²) in [4.78, 5) is 0. The van der Waals surface area contributed by atoms with Crippen molar-refractivity contribution in [1.29, 1.82) is 0 Å². The third kappa shape index (κ3) is 4.61. The van der Waals surface area contributed by atoms with Crippen LogP contribution in [0, 0.1) is 0 Å². The minimum Gasteiger partial charge on any atom is -0.504 e. The number of rotatable bonds is 10. The summed E-state index contributed by atoms with van der Waals surface area (Å²) in [6.45, 7) is 8.69. The molecule has 0 bridgehead atoms. The zero-order valence-corrected chi connectivity index (χ0v) is 16.1. The molecular weight excluding hydrogens is 352 g/mol. The van der Waals surface area contributed by atoms with Crippen LogP contribution in [0.5, 0.6) is 46.0 Å². The maximum atomic E-state index is 10.1. The van der Waals surface area contributed by atoms with Crippen molar-refractivity contribution in [2.45, 2.75) is 27.7 Å². The van der Waals surface area contributed by atoms with Crippen molar-refractivity contribution in [2.24, 2.45) is 0 Å². The Hall–Kier alpha value is -2.96. The molecule has 0 saturated carbocycles. The van der Waals surface area contributed by atoms with Crippen LogP contribution >= 0.6 is 0 Å². The summed E-state index contributed by atoms with van der Waals surface area (Å²) in [5.74, 6) is 1.58. The zero-order chi connectivity index (χ0) is 19.8. The van der Waals surface area contributed by atoms with Gasteiger partial charge in [-0.05, 0) is 52.0 Å². The van der Waals surface area contributed by atoms with Gasteiger partial charge >= 0.3 is 0 Å². The normalized spacial score (nSPS) is 10.4. The van der Waals surface area contributed by atoms with E-state index in [0.29, 0.717) is 37.9 Å². The molecule has 0 radical (unpaired) electrons. The second-order valence-corrected chi connectivity index (χ2v) is 5.32. The molecule has 27 heavy (non-hydrogen) atoms. The molecule has 2 N–H and O–H groups in total. The highest BCUT2D eigenvalue weighted by atomic mass is 16.6. The Labute approximate surface area is 159 Å². The second kappa shape index (κ2) is 9.66. The van der Waals surface area contributed by atoms with Crippen LogP contribution in [0.2, 0.25) is 0 Å². The standard InChI is InChI=1S/C20H26O7/c1-5-23-17-13(21)9-11-15(19(17)25-7-3)27-16-12-10-14(22)18(24-6-2)20(16)26-8-4/h9-12,21-22H,5-8H2,1-4H3. The van der Waals surface area contributed by atoms with Crippen molar-refractivity contribution < 1.29 is 33.9 Å². The summed E-state index contributed by atoms with van der Waals surface area (Å²) in [6, 6.07) is 6.08. The second-order valence-electron chi connectivity index (χ2n) is 5.32. The Morgan fingerprint density at radius 2 is 0.889 bits per heavy atom. The van der Waals surface area contributed by atoms with Gasteiger partial charge in [-0.15, -0.1) is 0 Å². The van der Waals surface area contributed by atoms with Gasteiger partial charge in [0.1, 0.15) is 0 Å². The van der Waals surface area contributed by atoms with Crippen LogP contribution in [-0.2, 0) is 0 Å². The molecule has 0 atom stereocenters. The van der Waals surface area contributed by atoms with Gasteiger partial charge in [0.25, 0.3) is 0 Å². The minimum absolute atomic E-state index is 0.0432. The van der Waals surface area contributed by atoms with Crippen molar-refractivity contribution in [2.75, 3.05) is 26.4 Å². The van der Waals surface area contributed by atoms with Gasteiger partial charge in [-0.1, -0.05) is 0 Å². The molecule has 0 aliphatic heterocycles. The maximum Gasteiger partial charge on any atom is 0.208 e. The Bertz CT molecular complexity index is 695. The summed E-state index contributed by atoms with van der Waals surface area (Å²) in [7, 11) is 0. The van der Waals surface area contributed by atoms with Gasteiger partial charge in [0.05, 0.1) is 26.4 Å². The van der Waals surface area contributed by atoms with Crippen LogP contribution in [0.1, 0.15) is 27.7 Å². The number of benzene rings is 2. The number of phenolic OH excluding ortho intramolecular Hbond substituents is 2. The lowest BCUT2D eigenvalue weighted by atomic mass is 10.2. The largest absolute Gasteiger partial charge is 0.504 e. The smallest absolute Gasteiger partial charge is 0.208 e. The van der Waals surface area contributed by atoms with Gasteiger partial charge in [-0.25, -0.2) is 0 Å². The molecular formula is C20H26O7. The molecule has 0 aliphatic rings. The Morgan fingerprint density at radius 3 is 1.22 bits per heavy atom. The average Bonchev–Trinajstić information content (AvgIpc) is 2.65. The average molecular weight is 378 g/mol. The molecule has 0 heterocycles. The first kappa shape index (κ1) is 20.4. The molecule has 0 aromatic heterocycles. The van der Waals surface area contributed by atoms with Gasteiger partial charge in [0.2, 0.25) is 23.0 Å². The molecule has 2 aromatic carbocycles. The van der Waals surface area contributed by atoms with Crippen LogP contribution in [0.15, 0.2) is 24.3 Å². The topological polar surface area (TPSA) is 86.6 Å². The monoisotopic (exact) mass is 378 g/mol. The van der Waals surface area contributed by atoms with E-state index in [2.05, 4.69) is 0 Å². The lowest BCUT2D eigenvalue weighted by Gasteiger charge is -2.19. The van der Waals surface area contributed by atoms with E-state index in [-0.39, 0.29) is 34.5 Å². The summed E-state index contributed by atoms with van der Waals surface area (Å²) in [6.07, 6.45) is 0.